The van der Waals surface area contributed by atoms with Crippen LogP contribution in [0.3, 0.4) is 0 Å². The van der Waals surface area contributed by atoms with Gasteiger partial charge >= 0.3 is 12.2 Å². The lowest BCUT2D eigenvalue weighted by atomic mass is 9.87. The maximum Gasteiger partial charge on any atom is 0.407 e. The van der Waals surface area contributed by atoms with E-state index in [0.717, 1.165) is 0 Å². The number of nitrogens with one attached hydrogen (secondary N) is 1. The number of amides is 2. The van der Waals surface area contributed by atoms with Crippen molar-refractivity contribution in [1.82, 2.24) is 5.32 Å². The number of ether oxygens (including phenoxy) is 2. The van der Waals surface area contributed by atoms with Crippen molar-refractivity contribution in [3.8, 4) is 0 Å². The predicted molar refractivity (Wildman–Crippen MR) is 68.2 cm³/mol. The van der Waals surface area contributed by atoms with Crippen molar-refractivity contribution >= 4 is 12.2 Å². The average Bonchev–Trinajstić information content (AvgIpc) is 2.39. The molecule has 3 N–H and O–H groups in total. The van der Waals surface area contributed by atoms with Crippen molar-refractivity contribution in [2.75, 3.05) is 13.2 Å². The van der Waals surface area contributed by atoms with Crippen LogP contribution < -0.4 is 11.1 Å². The average molecular weight is 270 g/mol. The second-order valence-corrected chi connectivity index (χ2v) is 3.81. The summed E-state index contributed by atoms with van der Waals surface area (Å²) in [6, 6.07) is -1.51. The molecule has 0 aromatic rings. The van der Waals surface area contributed by atoms with E-state index in [2.05, 4.69) is 4.74 Å². The zero-order chi connectivity index (χ0) is 23.0. The quantitative estimate of drug-likeness (QED) is 0.740. The topological polar surface area (TPSA) is 90.7 Å². The highest BCUT2D eigenvalue weighted by Crippen LogP contribution is 2.24. The summed E-state index contributed by atoms with van der Waals surface area (Å²) in [6.45, 7) is -4.94. The van der Waals surface area contributed by atoms with Crippen LogP contribution in [0.15, 0.2) is 0 Å². The molecule has 6 heteroatoms. The summed E-state index contributed by atoms with van der Waals surface area (Å²) in [6.07, 6.45) is -10.2. The van der Waals surface area contributed by atoms with Crippen LogP contribution in [0.1, 0.15) is 54.1 Å². The lowest BCUT2D eigenvalue weighted by molar-refractivity contribution is 0.0333. The number of primary amides is 1. The molecule has 0 fully saturated rings. The van der Waals surface area contributed by atoms with Crippen LogP contribution in [0.4, 0.5) is 9.59 Å². The third kappa shape index (κ3) is 7.76. The highest BCUT2D eigenvalue weighted by Gasteiger charge is 2.27. The molecule has 18 heavy (non-hydrogen) atoms. The number of carbonyl (C=O) groups is 2. The normalized spacial score (nSPS) is 25.7. The summed E-state index contributed by atoms with van der Waals surface area (Å²) < 4.78 is 85.7. The van der Waals surface area contributed by atoms with E-state index in [0.29, 0.717) is 6.92 Å². The molecule has 1 unspecified atom stereocenters. The van der Waals surface area contributed by atoms with Gasteiger partial charge in [0.2, 0.25) is 0 Å². The Morgan fingerprint density at radius 1 is 1.56 bits per heavy atom. The Hall–Kier alpha value is -1.46. The molecule has 0 aromatic heterocycles. The highest BCUT2D eigenvalue weighted by atomic mass is 16.6. The van der Waals surface area contributed by atoms with Gasteiger partial charge in [0.05, 0.1) is 4.11 Å². The van der Waals surface area contributed by atoms with E-state index in [4.69, 9.17) is 24.2 Å². The van der Waals surface area contributed by atoms with Gasteiger partial charge in [-0.15, -0.1) is 0 Å². The second kappa shape index (κ2) is 7.79. The van der Waals surface area contributed by atoms with Gasteiger partial charge in [-0.3, -0.25) is 0 Å². The van der Waals surface area contributed by atoms with Gasteiger partial charge in [0, 0.05) is 21.0 Å². The van der Waals surface area contributed by atoms with Gasteiger partial charge < -0.3 is 20.5 Å². The Kier molecular flexibility index (Phi) is 2.65. The Balaban J connectivity index is 6.22. The first-order chi connectivity index (χ1) is 12.0. The van der Waals surface area contributed by atoms with Gasteiger partial charge in [-0.05, 0) is 20.2 Å². The Labute approximate surface area is 122 Å². The molecule has 0 aromatic carbocycles. The zero-order valence-electron chi connectivity index (χ0n) is 20.4. The molecule has 2 amide bonds. The maximum absolute atomic E-state index is 11.8. The van der Waals surface area contributed by atoms with Crippen LogP contribution in [0, 0.1) is 5.41 Å². The minimum atomic E-state index is -3.66. The van der Waals surface area contributed by atoms with Gasteiger partial charge in [-0.2, -0.15) is 0 Å². The number of rotatable bonds is 7. The summed E-state index contributed by atoms with van der Waals surface area (Å²) in [5.74, 6) is 0. The third-order valence-corrected chi connectivity index (χ3v) is 1.56. The van der Waals surface area contributed by atoms with Crippen LogP contribution >= 0.6 is 0 Å². The molecule has 1 atom stereocenters. The largest absolute Gasteiger partial charge is 0.449 e. The third-order valence-electron chi connectivity index (χ3n) is 1.56. The lowest BCUT2D eigenvalue weighted by Crippen LogP contribution is -2.37. The minimum absolute atomic E-state index is 0.707. The summed E-state index contributed by atoms with van der Waals surface area (Å²) in [5, 5.41) is 2.03. The molecular formula is C12H24N2O4. The Morgan fingerprint density at radius 3 is 2.72 bits per heavy atom. The number of hydrogen-bond acceptors (Lipinski definition) is 4. The highest BCUT2D eigenvalue weighted by molar-refractivity contribution is 5.67. The summed E-state index contributed by atoms with van der Waals surface area (Å²) in [7, 11) is 0. The van der Waals surface area contributed by atoms with E-state index < -0.39 is 56.4 Å². The molecule has 6 nitrogen and oxygen atoms in total. The molecule has 0 heterocycles. The van der Waals surface area contributed by atoms with E-state index >= 15 is 0 Å². The van der Waals surface area contributed by atoms with Crippen LogP contribution in [0.25, 0.3) is 0 Å². The molecule has 0 saturated carbocycles. The number of carbonyl (C=O) groups excluding carboxylic acids is 2. The van der Waals surface area contributed by atoms with Gasteiger partial charge in [-0.1, -0.05) is 20.1 Å². The number of nitrogens with two attached hydrogens (primary N) is 1. The predicted octanol–water partition coefficient (Wildman–Crippen LogP) is 2.02. The Morgan fingerprint density at radius 2 is 2.22 bits per heavy atom. The molecule has 0 rings (SSSR count). The Bertz CT molecular complexity index is 602. The van der Waals surface area contributed by atoms with Gasteiger partial charge in [0.25, 0.3) is 0 Å². The van der Waals surface area contributed by atoms with Crippen molar-refractivity contribution in [3.05, 3.63) is 0 Å². The molecule has 106 valence electrons. The van der Waals surface area contributed by atoms with Gasteiger partial charge in [0.1, 0.15) is 13.2 Å². The van der Waals surface area contributed by atoms with Crippen LogP contribution in [0.2, 0.25) is 0 Å². The maximum atomic E-state index is 11.8. The molecule has 0 aliphatic heterocycles. The fourth-order valence-electron chi connectivity index (χ4n) is 0.842. The molecule has 0 radical (unpaired) electrons. The molecule has 0 aliphatic rings. The fraction of sp³-hybridized carbons (Fsp3) is 0.833. The monoisotopic (exact) mass is 270 g/mol. The molecular weight excluding hydrogens is 236 g/mol. The smallest absolute Gasteiger partial charge is 0.407 e. The number of alkyl carbamates (subject to hydrolysis) is 1. The zero-order valence-corrected chi connectivity index (χ0v) is 10.4. The summed E-state index contributed by atoms with van der Waals surface area (Å²) >= 11 is 0. The van der Waals surface area contributed by atoms with Crippen molar-refractivity contribution in [1.29, 1.82) is 0 Å². The second-order valence-electron chi connectivity index (χ2n) is 3.81. The fourth-order valence-corrected chi connectivity index (χ4v) is 0.842. The molecule has 0 aliphatic carbocycles. The van der Waals surface area contributed by atoms with Crippen molar-refractivity contribution in [2.24, 2.45) is 11.1 Å². The summed E-state index contributed by atoms with van der Waals surface area (Å²) in [4.78, 5) is 22.8. The van der Waals surface area contributed by atoms with E-state index in [-0.39, 0.29) is 0 Å². The standard InChI is InChI=1S/C12H24N2O4/c1-5-6-12(4,7-17-10(13)15)8-18-11(16)14-9(2)3/h9H,5-8H2,1-4H3,(H2,13,15)(H,14,16)/i1D3,5D2,6D2,7D2,9D. The lowest BCUT2D eigenvalue weighted by Gasteiger charge is -2.27. The first-order valence-corrected chi connectivity index (χ1v) is 4.95. The van der Waals surface area contributed by atoms with E-state index in [1.54, 1.807) is 0 Å². The molecule has 0 bridgehead atoms. The van der Waals surface area contributed by atoms with Gasteiger partial charge in [-0.25, -0.2) is 9.59 Å². The van der Waals surface area contributed by atoms with Crippen molar-refractivity contribution < 1.29 is 32.8 Å². The van der Waals surface area contributed by atoms with E-state index in [1.165, 1.54) is 13.8 Å². The van der Waals surface area contributed by atoms with Crippen molar-refractivity contribution in [3.63, 3.8) is 0 Å². The van der Waals surface area contributed by atoms with Crippen LogP contribution in [-0.4, -0.2) is 31.4 Å². The SMILES string of the molecule is [2H]C(C)(C)NC(=O)OCC(C)(C([2H])([2H])OC(N)=O)C([2H])([2H])C([2H])([2H])C([2H])([2H])[2H]. The van der Waals surface area contributed by atoms with Crippen molar-refractivity contribution in [2.45, 2.75) is 46.4 Å². The minimum Gasteiger partial charge on any atom is -0.449 e. The number of hydrogen-bond donors (Lipinski definition) is 2. The van der Waals surface area contributed by atoms with E-state index in [9.17, 15) is 9.59 Å². The first-order valence-electron chi connectivity index (χ1n) is 9.95. The summed E-state index contributed by atoms with van der Waals surface area (Å²) in [5.41, 5.74) is 1.91. The molecule has 0 spiro atoms. The van der Waals surface area contributed by atoms with Crippen LogP contribution in [-0.2, 0) is 9.47 Å². The van der Waals surface area contributed by atoms with Crippen LogP contribution in [0.5, 0.6) is 0 Å². The van der Waals surface area contributed by atoms with Gasteiger partial charge in [0.15, 0.2) is 0 Å². The molecule has 0 saturated heterocycles. The van der Waals surface area contributed by atoms with E-state index in [1.807, 2.05) is 5.32 Å². The first kappa shape index (κ1) is 6.12.